The molecule has 2 aromatic heterocycles. The number of nitrogens with zero attached hydrogens (tertiary/aromatic N) is 3. The standard InChI is InChI=1S/C23H26N4O4S/c1-2-11-30-16-7-9-17(10-8-16)31-12-13-32-22-18-20(24-19(25-22)14-3-4-14)27(15-5-6-15)23(29)26-21(18)28/h7-10,14-15H,2-6,11-13H2,1H3,(H,26,28,29). The van der Waals surface area contributed by atoms with Gasteiger partial charge in [-0.1, -0.05) is 6.92 Å². The van der Waals surface area contributed by atoms with Gasteiger partial charge in [0.15, 0.2) is 5.65 Å². The van der Waals surface area contributed by atoms with Crippen LogP contribution < -0.4 is 20.7 Å². The maximum atomic E-state index is 12.7. The molecule has 0 saturated heterocycles. The Kier molecular flexibility index (Phi) is 5.91. The smallest absolute Gasteiger partial charge is 0.330 e. The third-order valence-corrected chi connectivity index (χ3v) is 6.45. The zero-order valence-corrected chi connectivity index (χ0v) is 18.8. The van der Waals surface area contributed by atoms with Gasteiger partial charge in [0.2, 0.25) is 0 Å². The highest BCUT2D eigenvalue weighted by atomic mass is 32.2. The molecule has 0 atom stereocenters. The Hall–Kier alpha value is -2.81. The molecule has 2 aliphatic carbocycles. The van der Waals surface area contributed by atoms with Crippen LogP contribution in [0.5, 0.6) is 11.5 Å². The van der Waals surface area contributed by atoms with E-state index in [4.69, 9.17) is 14.5 Å². The van der Waals surface area contributed by atoms with E-state index in [2.05, 4.69) is 16.9 Å². The first kappa shape index (κ1) is 21.1. The summed E-state index contributed by atoms with van der Waals surface area (Å²) in [6.45, 7) is 3.23. The first-order valence-corrected chi connectivity index (χ1v) is 12.2. The van der Waals surface area contributed by atoms with Crippen molar-refractivity contribution in [3.63, 3.8) is 0 Å². The molecule has 8 nitrogen and oxygen atoms in total. The molecule has 0 spiro atoms. The first-order valence-electron chi connectivity index (χ1n) is 11.2. The van der Waals surface area contributed by atoms with Gasteiger partial charge in [0.25, 0.3) is 5.56 Å². The van der Waals surface area contributed by atoms with Crippen LogP contribution in [0.25, 0.3) is 11.0 Å². The molecule has 0 radical (unpaired) electrons. The van der Waals surface area contributed by atoms with Crippen molar-refractivity contribution in [3.05, 3.63) is 50.9 Å². The zero-order chi connectivity index (χ0) is 22.1. The van der Waals surface area contributed by atoms with E-state index in [1.54, 1.807) is 4.57 Å². The van der Waals surface area contributed by atoms with Crippen molar-refractivity contribution in [2.75, 3.05) is 19.0 Å². The normalized spacial score (nSPS) is 15.8. The van der Waals surface area contributed by atoms with Crippen molar-refractivity contribution < 1.29 is 9.47 Å². The summed E-state index contributed by atoms with van der Waals surface area (Å²) < 4.78 is 13.1. The van der Waals surface area contributed by atoms with Gasteiger partial charge in [0.05, 0.1) is 13.2 Å². The molecule has 0 bridgehead atoms. The van der Waals surface area contributed by atoms with Gasteiger partial charge in [-0.3, -0.25) is 14.3 Å². The number of aromatic amines is 1. The Morgan fingerprint density at radius 2 is 1.72 bits per heavy atom. The van der Waals surface area contributed by atoms with E-state index in [0.29, 0.717) is 40.9 Å². The highest BCUT2D eigenvalue weighted by molar-refractivity contribution is 7.99. The number of hydrogen-bond donors (Lipinski definition) is 1. The molecular weight excluding hydrogens is 428 g/mol. The van der Waals surface area contributed by atoms with E-state index in [1.807, 2.05) is 24.3 Å². The molecule has 1 N–H and O–H groups in total. The lowest BCUT2D eigenvalue weighted by Gasteiger charge is -2.12. The fourth-order valence-electron chi connectivity index (χ4n) is 3.58. The van der Waals surface area contributed by atoms with E-state index in [0.717, 1.165) is 49.4 Å². The Morgan fingerprint density at radius 1 is 1.03 bits per heavy atom. The van der Waals surface area contributed by atoms with Crippen LogP contribution in [0.3, 0.4) is 0 Å². The lowest BCUT2D eigenvalue weighted by atomic mass is 10.3. The summed E-state index contributed by atoms with van der Waals surface area (Å²) in [5.74, 6) is 3.27. The third-order valence-electron chi connectivity index (χ3n) is 5.51. The van der Waals surface area contributed by atoms with E-state index in [1.165, 1.54) is 11.8 Å². The Morgan fingerprint density at radius 3 is 2.34 bits per heavy atom. The minimum Gasteiger partial charge on any atom is -0.494 e. The SMILES string of the molecule is CCCOc1ccc(OCCSc2nc(C3CC3)nc3c2c(=O)[nH]c(=O)n3C2CC2)cc1. The van der Waals surface area contributed by atoms with Crippen LogP contribution in [-0.4, -0.2) is 38.5 Å². The van der Waals surface area contributed by atoms with Crippen LogP contribution >= 0.6 is 11.8 Å². The molecule has 2 saturated carbocycles. The maximum Gasteiger partial charge on any atom is 0.330 e. The number of nitrogens with one attached hydrogen (secondary N) is 1. The zero-order valence-electron chi connectivity index (χ0n) is 18.0. The first-order chi connectivity index (χ1) is 15.6. The fraction of sp³-hybridized carbons (Fsp3) is 0.478. The summed E-state index contributed by atoms with van der Waals surface area (Å²) in [6.07, 6.45) is 4.93. The molecule has 9 heteroatoms. The summed E-state index contributed by atoms with van der Waals surface area (Å²) in [5, 5.41) is 1.03. The highest BCUT2D eigenvalue weighted by Crippen LogP contribution is 2.40. The highest BCUT2D eigenvalue weighted by Gasteiger charge is 2.32. The van der Waals surface area contributed by atoms with Gasteiger partial charge < -0.3 is 9.47 Å². The molecule has 168 valence electrons. The lowest BCUT2D eigenvalue weighted by Crippen LogP contribution is -2.31. The number of aromatic nitrogens is 4. The summed E-state index contributed by atoms with van der Waals surface area (Å²) in [4.78, 5) is 36.9. The third kappa shape index (κ3) is 4.53. The van der Waals surface area contributed by atoms with Gasteiger partial charge >= 0.3 is 5.69 Å². The average molecular weight is 455 g/mol. The molecule has 1 aromatic carbocycles. The van der Waals surface area contributed by atoms with Crippen molar-refractivity contribution in [1.82, 2.24) is 19.5 Å². The van der Waals surface area contributed by atoms with Gasteiger partial charge in [-0.2, -0.15) is 0 Å². The van der Waals surface area contributed by atoms with Crippen LogP contribution in [0.4, 0.5) is 0 Å². The predicted octanol–water partition coefficient (Wildman–Crippen LogP) is 3.65. The lowest BCUT2D eigenvalue weighted by molar-refractivity contribution is 0.314. The van der Waals surface area contributed by atoms with Crippen molar-refractivity contribution in [3.8, 4) is 11.5 Å². The monoisotopic (exact) mass is 454 g/mol. The molecule has 2 fully saturated rings. The van der Waals surface area contributed by atoms with Crippen molar-refractivity contribution in [2.45, 2.75) is 56.0 Å². The van der Waals surface area contributed by atoms with Crippen molar-refractivity contribution in [1.29, 1.82) is 0 Å². The molecule has 0 aliphatic heterocycles. The minimum atomic E-state index is -0.421. The van der Waals surface area contributed by atoms with Gasteiger partial charge in [0.1, 0.15) is 27.7 Å². The molecule has 2 aliphatic rings. The Labute approximate surface area is 189 Å². The largest absolute Gasteiger partial charge is 0.494 e. The summed E-state index contributed by atoms with van der Waals surface area (Å²) in [6, 6.07) is 7.69. The molecule has 32 heavy (non-hydrogen) atoms. The van der Waals surface area contributed by atoms with Gasteiger partial charge in [0, 0.05) is 17.7 Å². The number of H-pyrrole nitrogens is 1. The second-order valence-corrected chi connectivity index (χ2v) is 9.32. The molecule has 0 unspecified atom stereocenters. The predicted molar refractivity (Wildman–Crippen MR) is 123 cm³/mol. The maximum absolute atomic E-state index is 12.7. The van der Waals surface area contributed by atoms with Crippen LogP contribution in [-0.2, 0) is 0 Å². The topological polar surface area (TPSA) is 99.1 Å². The number of benzene rings is 1. The molecule has 0 amide bonds. The summed E-state index contributed by atoms with van der Waals surface area (Å²) in [7, 11) is 0. The van der Waals surface area contributed by atoms with Gasteiger partial charge in [-0.25, -0.2) is 14.8 Å². The van der Waals surface area contributed by atoms with E-state index >= 15 is 0 Å². The van der Waals surface area contributed by atoms with Crippen LogP contribution in [0, 0.1) is 0 Å². The van der Waals surface area contributed by atoms with E-state index in [9.17, 15) is 9.59 Å². The molecule has 3 aromatic rings. The number of ether oxygens (including phenoxy) is 2. The summed E-state index contributed by atoms with van der Waals surface area (Å²) in [5.41, 5.74) is -0.323. The Balaban J connectivity index is 1.33. The van der Waals surface area contributed by atoms with Crippen LogP contribution in [0.2, 0.25) is 0 Å². The van der Waals surface area contributed by atoms with E-state index in [-0.39, 0.29) is 11.7 Å². The molecule has 2 heterocycles. The number of rotatable bonds is 10. The van der Waals surface area contributed by atoms with Crippen LogP contribution in [0.1, 0.15) is 56.8 Å². The van der Waals surface area contributed by atoms with Gasteiger partial charge in [-0.15, -0.1) is 11.8 Å². The molecular formula is C23H26N4O4S. The second kappa shape index (κ2) is 8.97. The van der Waals surface area contributed by atoms with Crippen molar-refractivity contribution >= 4 is 22.8 Å². The van der Waals surface area contributed by atoms with Gasteiger partial charge in [-0.05, 0) is 56.4 Å². The molecule has 5 rings (SSSR count). The number of thioether (sulfide) groups is 1. The van der Waals surface area contributed by atoms with Crippen molar-refractivity contribution in [2.24, 2.45) is 0 Å². The fourth-order valence-corrected chi connectivity index (χ4v) is 4.43. The Bertz CT molecular complexity index is 1230. The number of fused-ring (bicyclic) bond motifs is 1. The summed E-state index contributed by atoms with van der Waals surface area (Å²) >= 11 is 1.47. The number of hydrogen-bond acceptors (Lipinski definition) is 7. The average Bonchev–Trinajstić information content (AvgIpc) is 3.69. The quantitative estimate of drug-likeness (QED) is 0.284. The minimum absolute atomic E-state index is 0.120. The van der Waals surface area contributed by atoms with Crippen LogP contribution in [0.15, 0.2) is 38.9 Å². The van der Waals surface area contributed by atoms with E-state index < -0.39 is 5.56 Å². The second-order valence-electron chi connectivity index (χ2n) is 8.24.